The van der Waals surface area contributed by atoms with E-state index in [1.54, 1.807) is 30.3 Å². The molecule has 8 heteroatoms. The summed E-state index contributed by atoms with van der Waals surface area (Å²) in [5.74, 6) is 0.997. The molecule has 0 radical (unpaired) electrons. The lowest BCUT2D eigenvalue weighted by Gasteiger charge is -2.23. The van der Waals surface area contributed by atoms with Gasteiger partial charge in [0.15, 0.2) is 0 Å². The Morgan fingerprint density at radius 2 is 2.25 bits per heavy atom. The number of aromatic amines is 1. The molecule has 0 aromatic carbocycles. The molecule has 3 heterocycles. The maximum Gasteiger partial charge on any atom is 0.254 e. The van der Waals surface area contributed by atoms with Gasteiger partial charge in [-0.05, 0) is 19.9 Å². The molecule has 8 nitrogen and oxygen atoms in total. The van der Waals surface area contributed by atoms with Gasteiger partial charge in [-0.3, -0.25) is 9.89 Å². The molecule has 2 aromatic rings. The van der Waals surface area contributed by atoms with Crippen LogP contribution < -0.4 is 4.74 Å². The number of hydrogen-bond acceptors (Lipinski definition) is 6. The zero-order chi connectivity index (χ0) is 17.1. The zero-order valence-electron chi connectivity index (χ0n) is 14.0. The van der Waals surface area contributed by atoms with E-state index in [0.717, 1.165) is 0 Å². The molecule has 1 aliphatic rings. The molecule has 2 atom stereocenters. The second kappa shape index (κ2) is 6.96. The first-order chi connectivity index (χ1) is 11.6. The van der Waals surface area contributed by atoms with Crippen molar-refractivity contribution in [2.45, 2.75) is 38.5 Å². The molecule has 0 saturated carbocycles. The Labute approximate surface area is 140 Å². The van der Waals surface area contributed by atoms with Crippen molar-refractivity contribution in [2.24, 2.45) is 0 Å². The van der Waals surface area contributed by atoms with E-state index in [4.69, 9.17) is 9.47 Å². The van der Waals surface area contributed by atoms with Crippen molar-refractivity contribution in [1.29, 1.82) is 0 Å². The predicted molar refractivity (Wildman–Crippen MR) is 85.6 cm³/mol. The van der Waals surface area contributed by atoms with Gasteiger partial charge in [-0.2, -0.15) is 5.10 Å². The van der Waals surface area contributed by atoms with E-state index in [-0.39, 0.29) is 24.2 Å². The van der Waals surface area contributed by atoms with Crippen LogP contribution in [0.4, 0.5) is 0 Å². The maximum absolute atomic E-state index is 13.0. The number of aromatic nitrogens is 4. The number of hydrogen-bond donors (Lipinski definition) is 1. The van der Waals surface area contributed by atoms with E-state index < -0.39 is 0 Å². The molecule has 1 aliphatic heterocycles. The monoisotopic (exact) mass is 331 g/mol. The highest BCUT2D eigenvalue weighted by molar-refractivity contribution is 5.94. The van der Waals surface area contributed by atoms with Crippen LogP contribution in [-0.4, -0.2) is 56.8 Å². The molecule has 1 amide bonds. The Bertz CT molecular complexity index is 689. The summed E-state index contributed by atoms with van der Waals surface area (Å²) < 4.78 is 11.0. The van der Waals surface area contributed by atoms with Gasteiger partial charge in [-0.1, -0.05) is 0 Å². The molecule has 1 fully saturated rings. The van der Waals surface area contributed by atoms with Gasteiger partial charge in [0.25, 0.3) is 5.91 Å². The smallest absolute Gasteiger partial charge is 0.254 e. The molecule has 0 unspecified atom stereocenters. The highest BCUT2D eigenvalue weighted by Gasteiger charge is 2.38. The number of methoxy groups -OCH3 is 1. The minimum atomic E-state index is -0.187. The standard InChI is InChI=1S/C16H21N5O3/c1-10(2)24-14-6-11(4-5-17-14)16(22)21-8-12(23-3)7-13(21)15-18-9-19-20-15/h4-6,9-10,12-13H,7-8H2,1-3H3,(H,18,19,20)/t12-,13+/m1/s1. The highest BCUT2D eigenvalue weighted by Crippen LogP contribution is 2.32. The molecule has 0 bridgehead atoms. The predicted octanol–water partition coefficient (Wildman–Crippen LogP) is 1.59. The first-order valence-electron chi connectivity index (χ1n) is 7.90. The summed E-state index contributed by atoms with van der Waals surface area (Å²) in [6.07, 6.45) is 3.67. The number of rotatable bonds is 5. The summed E-state index contributed by atoms with van der Waals surface area (Å²) >= 11 is 0. The molecule has 128 valence electrons. The Kier molecular flexibility index (Phi) is 4.75. The van der Waals surface area contributed by atoms with Crippen molar-refractivity contribution in [3.05, 3.63) is 36.0 Å². The second-order valence-electron chi connectivity index (χ2n) is 5.99. The third-order valence-corrected chi connectivity index (χ3v) is 3.94. The number of nitrogens with zero attached hydrogens (tertiary/aromatic N) is 4. The van der Waals surface area contributed by atoms with Crippen molar-refractivity contribution in [1.82, 2.24) is 25.1 Å². The summed E-state index contributed by atoms with van der Waals surface area (Å²) in [4.78, 5) is 23.1. The lowest BCUT2D eigenvalue weighted by Crippen LogP contribution is -2.32. The van der Waals surface area contributed by atoms with E-state index >= 15 is 0 Å². The number of amides is 1. The number of carbonyl (C=O) groups excluding carboxylic acids is 1. The van der Waals surface area contributed by atoms with E-state index in [2.05, 4.69) is 20.2 Å². The molecule has 1 N–H and O–H groups in total. The van der Waals surface area contributed by atoms with Gasteiger partial charge in [-0.25, -0.2) is 9.97 Å². The molecular formula is C16H21N5O3. The van der Waals surface area contributed by atoms with Crippen LogP contribution in [0.15, 0.2) is 24.7 Å². The van der Waals surface area contributed by atoms with Gasteiger partial charge >= 0.3 is 0 Å². The number of likely N-dealkylation sites (tertiary alicyclic amines) is 1. The number of nitrogens with one attached hydrogen (secondary N) is 1. The molecule has 3 rings (SSSR count). The SMILES string of the molecule is CO[C@@H]1C[C@@H](c2ncn[nH]2)N(C(=O)c2ccnc(OC(C)C)c2)C1. The first-order valence-corrected chi connectivity index (χ1v) is 7.90. The normalized spacial score (nSPS) is 20.6. The minimum absolute atomic E-state index is 0.00514. The maximum atomic E-state index is 13.0. The van der Waals surface area contributed by atoms with Gasteiger partial charge in [0.05, 0.1) is 18.2 Å². The fourth-order valence-electron chi connectivity index (χ4n) is 2.84. The van der Waals surface area contributed by atoms with Crippen molar-refractivity contribution in [3.8, 4) is 5.88 Å². The van der Waals surface area contributed by atoms with Gasteiger partial charge in [-0.15, -0.1) is 0 Å². The van der Waals surface area contributed by atoms with Crippen molar-refractivity contribution < 1.29 is 14.3 Å². The largest absolute Gasteiger partial charge is 0.475 e. The van der Waals surface area contributed by atoms with Crippen LogP contribution in [0.1, 0.15) is 42.5 Å². The molecule has 0 spiro atoms. The number of pyridine rings is 1. The summed E-state index contributed by atoms with van der Waals surface area (Å²) in [7, 11) is 1.65. The quantitative estimate of drug-likeness (QED) is 0.894. The van der Waals surface area contributed by atoms with Gasteiger partial charge < -0.3 is 14.4 Å². The average Bonchev–Trinajstić information content (AvgIpc) is 3.22. The van der Waals surface area contributed by atoms with Crippen molar-refractivity contribution in [3.63, 3.8) is 0 Å². The summed E-state index contributed by atoms with van der Waals surface area (Å²) in [6, 6.07) is 3.17. The van der Waals surface area contributed by atoms with E-state index in [1.807, 2.05) is 13.8 Å². The van der Waals surface area contributed by atoms with E-state index in [9.17, 15) is 4.79 Å². The Balaban J connectivity index is 1.84. The second-order valence-corrected chi connectivity index (χ2v) is 5.99. The fraction of sp³-hybridized carbons (Fsp3) is 0.500. The van der Waals surface area contributed by atoms with Crippen LogP contribution in [0.2, 0.25) is 0 Å². The molecule has 1 saturated heterocycles. The molecule has 24 heavy (non-hydrogen) atoms. The Hall–Kier alpha value is -2.48. The van der Waals surface area contributed by atoms with E-state index in [1.165, 1.54) is 6.33 Å². The minimum Gasteiger partial charge on any atom is -0.475 e. The lowest BCUT2D eigenvalue weighted by molar-refractivity contribution is 0.0683. The van der Waals surface area contributed by atoms with Crippen LogP contribution in [-0.2, 0) is 4.74 Å². The van der Waals surface area contributed by atoms with Crippen LogP contribution in [0.25, 0.3) is 0 Å². The average molecular weight is 331 g/mol. The summed E-state index contributed by atoms with van der Waals surface area (Å²) in [5.41, 5.74) is 0.530. The van der Waals surface area contributed by atoms with Gasteiger partial charge in [0, 0.05) is 37.9 Å². The fourth-order valence-corrected chi connectivity index (χ4v) is 2.84. The molecular weight excluding hydrogens is 310 g/mol. The number of ether oxygens (including phenoxy) is 2. The lowest BCUT2D eigenvalue weighted by atomic mass is 10.1. The summed E-state index contributed by atoms with van der Waals surface area (Å²) in [5, 5.41) is 6.74. The number of carbonyl (C=O) groups is 1. The topological polar surface area (TPSA) is 93.2 Å². The third kappa shape index (κ3) is 3.38. The zero-order valence-corrected chi connectivity index (χ0v) is 14.0. The molecule has 0 aliphatic carbocycles. The van der Waals surface area contributed by atoms with Crippen LogP contribution in [0, 0.1) is 0 Å². The first kappa shape index (κ1) is 16.4. The Morgan fingerprint density at radius 1 is 1.42 bits per heavy atom. The van der Waals surface area contributed by atoms with Crippen LogP contribution >= 0.6 is 0 Å². The molecule has 2 aromatic heterocycles. The van der Waals surface area contributed by atoms with E-state index in [0.29, 0.717) is 30.2 Å². The number of H-pyrrole nitrogens is 1. The third-order valence-electron chi connectivity index (χ3n) is 3.94. The van der Waals surface area contributed by atoms with Crippen molar-refractivity contribution >= 4 is 5.91 Å². The van der Waals surface area contributed by atoms with Gasteiger partial charge in [0.1, 0.15) is 12.2 Å². The summed E-state index contributed by atoms with van der Waals surface area (Å²) in [6.45, 7) is 4.34. The van der Waals surface area contributed by atoms with Crippen molar-refractivity contribution in [2.75, 3.05) is 13.7 Å². The van der Waals surface area contributed by atoms with Gasteiger partial charge in [0.2, 0.25) is 5.88 Å². The van der Waals surface area contributed by atoms with Crippen LogP contribution in [0.5, 0.6) is 5.88 Å². The van der Waals surface area contributed by atoms with Crippen LogP contribution in [0.3, 0.4) is 0 Å². The highest BCUT2D eigenvalue weighted by atomic mass is 16.5. The Morgan fingerprint density at radius 3 is 2.92 bits per heavy atom.